The molecule has 0 radical (unpaired) electrons. The number of allylic oxidation sites excluding steroid dienone is 1. The summed E-state index contributed by atoms with van der Waals surface area (Å²) in [5.41, 5.74) is 1.94. The molecule has 0 N–H and O–H groups in total. The number of hydrogen-bond donors (Lipinski definition) is 0. The van der Waals surface area contributed by atoms with E-state index in [1.54, 1.807) is 25.3 Å². The lowest BCUT2D eigenvalue weighted by molar-refractivity contribution is 0.101. The molecule has 2 aromatic rings. The fourth-order valence-corrected chi connectivity index (χ4v) is 3.87. The highest BCUT2D eigenvalue weighted by molar-refractivity contribution is 6.34. The van der Waals surface area contributed by atoms with Crippen LogP contribution in [0.2, 0.25) is 5.02 Å². The first-order chi connectivity index (χ1) is 16.2. The van der Waals surface area contributed by atoms with E-state index >= 15 is 0 Å². The van der Waals surface area contributed by atoms with E-state index in [9.17, 15) is 9.18 Å². The van der Waals surface area contributed by atoms with Crippen LogP contribution >= 0.6 is 11.6 Å². The third kappa shape index (κ3) is 6.76. The van der Waals surface area contributed by atoms with Crippen LogP contribution in [0.3, 0.4) is 0 Å². The second-order valence-electron chi connectivity index (χ2n) is 7.90. The van der Waals surface area contributed by atoms with Crippen LogP contribution in [0.5, 0.6) is 17.2 Å². The number of nitrogens with zero attached hydrogens (tertiary/aromatic N) is 1. The summed E-state index contributed by atoms with van der Waals surface area (Å²) in [6, 6.07) is 6.42. The molecule has 0 aliphatic carbocycles. The first kappa shape index (κ1) is 27.3. The molecule has 1 unspecified atom stereocenters. The van der Waals surface area contributed by atoms with E-state index in [0.717, 1.165) is 5.56 Å². The molecule has 0 bridgehead atoms. The van der Waals surface area contributed by atoms with E-state index in [0.29, 0.717) is 53.0 Å². The van der Waals surface area contributed by atoms with Crippen LogP contribution < -0.4 is 14.2 Å². The number of hydrogen-bond acceptors (Lipinski definition) is 5. The van der Waals surface area contributed by atoms with Gasteiger partial charge >= 0.3 is 0 Å². The lowest BCUT2D eigenvalue weighted by Crippen LogP contribution is -2.19. The molecule has 0 amide bonds. The number of carbonyl (C=O) groups is 1. The molecule has 7 heteroatoms. The van der Waals surface area contributed by atoms with Gasteiger partial charge in [0.1, 0.15) is 12.4 Å². The average Bonchev–Trinajstić information content (AvgIpc) is 2.81. The third-order valence-corrected chi connectivity index (χ3v) is 5.96. The van der Waals surface area contributed by atoms with Gasteiger partial charge in [0.2, 0.25) is 5.75 Å². The topological polar surface area (TPSA) is 48.0 Å². The molecule has 2 rings (SSSR count). The number of methoxy groups -OCH3 is 1. The van der Waals surface area contributed by atoms with Crippen molar-refractivity contribution in [1.82, 2.24) is 4.90 Å². The smallest absolute Gasteiger partial charge is 0.205 e. The van der Waals surface area contributed by atoms with E-state index in [4.69, 9.17) is 25.8 Å². The minimum absolute atomic E-state index is 0.131. The summed E-state index contributed by atoms with van der Waals surface area (Å²) in [6.45, 7) is 12.1. The summed E-state index contributed by atoms with van der Waals surface area (Å²) in [5, 5.41) is 0.309. The zero-order chi connectivity index (χ0) is 25.3. The zero-order valence-corrected chi connectivity index (χ0v) is 21.2. The van der Waals surface area contributed by atoms with Gasteiger partial charge in [-0.1, -0.05) is 43.3 Å². The molecule has 0 fully saturated rings. The molecular weight excluding hydrogens is 457 g/mol. The third-order valence-electron chi connectivity index (χ3n) is 5.51. The Balaban J connectivity index is 2.32. The van der Waals surface area contributed by atoms with Gasteiger partial charge in [0, 0.05) is 0 Å². The molecular formula is C27H33ClFNO4. The Kier molecular flexibility index (Phi) is 10.5. The van der Waals surface area contributed by atoms with Gasteiger partial charge in [0.05, 0.1) is 30.8 Å². The van der Waals surface area contributed by atoms with Crippen LogP contribution in [0, 0.1) is 12.7 Å². The highest BCUT2D eigenvalue weighted by Gasteiger charge is 2.27. The molecule has 0 heterocycles. The maximum atomic E-state index is 13.2. The maximum absolute atomic E-state index is 13.2. The molecule has 34 heavy (non-hydrogen) atoms. The van der Waals surface area contributed by atoms with E-state index in [-0.39, 0.29) is 24.1 Å². The summed E-state index contributed by atoms with van der Waals surface area (Å²) < 4.78 is 31.0. The van der Waals surface area contributed by atoms with Crippen molar-refractivity contribution in [3.63, 3.8) is 0 Å². The molecule has 5 nitrogen and oxygen atoms in total. The van der Waals surface area contributed by atoms with Crippen molar-refractivity contribution in [2.24, 2.45) is 0 Å². The van der Waals surface area contributed by atoms with Crippen molar-refractivity contribution >= 4 is 17.4 Å². The number of ether oxygens (including phenoxy) is 3. The van der Waals surface area contributed by atoms with E-state index in [1.165, 1.54) is 26.2 Å². The highest BCUT2D eigenvalue weighted by atomic mass is 35.5. The standard InChI is InChI=1S/C27H33ClFNO4/c1-7-14-30(8-2)15-17-34-25-23(20(5)31)19(4)24(28)26(32-6)27(25)33-16-13-18(3)21-9-11-22(29)12-10-21/h7-12,14,18H,2,13,15-17H2,1,3-6H3/b14-7-. The Morgan fingerprint density at radius 3 is 2.38 bits per heavy atom. The average molecular weight is 490 g/mol. The molecule has 184 valence electrons. The minimum atomic E-state index is -0.269. The molecule has 0 aliphatic heterocycles. The number of benzene rings is 2. The highest BCUT2D eigenvalue weighted by Crippen LogP contribution is 2.48. The predicted molar refractivity (Wildman–Crippen MR) is 135 cm³/mol. The summed E-state index contributed by atoms with van der Waals surface area (Å²) in [5.74, 6) is 0.606. The lowest BCUT2D eigenvalue weighted by Gasteiger charge is -2.23. The van der Waals surface area contributed by atoms with Gasteiger partial charge in [0.25, 0.3) is 0 Å². The molecule has 2 aromatic carbocycles. The first-order valence-electron chi connectivity index (χ1n) is 11.2. The number of halogens is 2. The molecule has 0 aliphatic rings. The summed E-state index contributed by atoms with van der Waals surface area (Å²) >= 11 is 6.54. The molecule has 0 aromatic heterocycles. The van der Waals surface area contributed by atoms with Crippen molar-refractivity contribution in [1.29, 1.82) is 0 Å². The van der Waals surface area contributed by atoms with E-state index in [2.05, 4.69) is 6.58 Å². The summed E-state index contributed by atoms with van der Waals surface area (Å²) in [6.07, 6.45) is 6.12. The van der Waals surface area contributed by atoms with Crippen LogP contribution in [0.25, 0.3) is 0 Å². The van der Waals surface area contributed by atoms with Gasteiger partial charge in [-0.05, 0) is 68.8 Å². The largest absolute Gasteiger partial charge is 0.491 e. The van der Waals surface area contributed by atoms with Crippen molar-refractivity contribution < 1.29 is 23.4 Å². The normalized spacial score (nSPS) is 11.9. The zero-order valence-electron chi connectivity index (χ0n) is 20.5. The maximum Gasteiger partial charge on any atom is 0.205 e. The van der Waals surface area contributed by atoms with Crippen molar-refractivity contribution in [3.8, 4) is 17.2 Å². The van der Waals surface area contributed by atoms with Crippen LogP contribution in [-0.2, 0) is 0 Å². The second kappa shape index (κ2) is 13.0. The van der Waals surface area contributed by atoms with E-state index in [1.807, 2.05) is 31.0 Å². The predicted octanol–water partition coefficient (Wildman–Crippen LogP) is 6.93. The van der Waals surface area contributed by atoms with Gasteiger partial charge in [0.15, 0.2) is 17.3 Å². The lowest BCUT2D eigenvalue weighted by atomic mass is 9.98. The summed E-state index contributed by atoms with van der Waals surface area (Å²) in [7, 11) is 1.50. The van der Waals surface area contributed by atoms with Crippen molar-refractivity contribution in [2.75, 3.05) is 26.9 Å². The Morgan fingerprint density at radius 2 is 1.82 bits per heavy atom. The van der Waals surface area contributed by atoms with Crippen molar-refractivity contribution in [2.45, 2.75) is 40.0 Å². The molecule has 0 saturated heterocycles. The fourth-order valence-electron chi connectivity index (χ4n) is 3.61. The van der Waals surface area contributed by atoms with Crippen LogP contribution in [0.4, 0.5) is 4.39 Å². The van der Waals surface area contributed by atoms with Gasteiger partial charge in [-0.2, -0.15) is 0 Å². The number of carbonyl (C=O) groups excluding carboxylic acids is 1. The molecule has 0 saturated carbocycles. The fraction of sp³-hybridized carbons (Fsp3) is 0.370. The Morgan fingerprint density at radius 1 is 1.18 bits per heavy atom. The monoisotopic (exact) mass is 489 g/mol. The minimum Gasteiger partial charge on any atom is -0.491 e. The summed E-state index contributed by atoms with van der Waals surface area (Å²) in [4.78, 5) is 14.4. The second-order valence-corrected chi connectivity index (χ2v) is 8.28. The number of rotatable bonds is 13. The molecule has 0 spiro atoms. The Hall–Kier alpha value is -2.99. The quantitative estimate of drug-likeness (QED) is 0.285. The van der Waals surface area contributed by atoms with Gasteiger partial charge in [-0.15, -0.1) is 0 Å². The molecule has 1 atom stereocenters. The Bertz CT molecular complexity index is 1020. The first-order valence-corrected chi connectivity index (χ1v) is 11.6. The number of Topliss-reactive ketones (excluding diaryl/α,β-unsaturated/α-hetero) is 1. The SMILES string of the molecule is C=CN(/C=C\C)CCOc1c(OCCC(C)c2ccc(F)cc2)c(OC)c(Cl)c(C)c1C(C)=O. The van der Waals surface area contributed by atoms with Crippen LogP contribution in [0.15, 0.2) is 49.3 Å². The Labute approximate surface area is 206 Å². The van der Waals surface area contributed by atoms with Crippen LogP contribution in [0.1, 0.15) is 54.6 Å². The van der Waals surface area contributed by atoms with Crippen molar-refractivity contribution in [3.05, 3.63) is 76.9 Å². The number of ketones is 1. The van der Waals surface area contributed by atoms with Gasteiger partial charge < -0.3 is 19.1 Å². The van der Waals surface area contributed by atoms with E-state index < -0.39 is 0 Å². The van der Waals surface area contributed by atoms with Gasteiger partial charge in [-0.25, -0.2) is 4.39 Å². The van der Waals surface area contributed by atoms with Gasteiger partial charge in [-0.3, -0.25) is 4.79 Å². The van der Waals surface area contributed by atoms with Crippen LogP contribution in [-0.4, -0.2) is 37.6 Å².